The zero-order valence-electron chi connectivity index (χ0n) is 19.0. The van der Waals surface area contributed by atoms with Crippen LogP contribution in [0.4, 0.5) is 0 Å². The van der Waals surface area contributed by atoms with Gasteiger partial charge in [0.2, 0.25) is 5.91 Å². The maximum atomic E-state index is 12.9. The Kier molecular flexibility index (Phi) is 4.79. The summed E-state index contributed by atoms with van der Waals surface area (Å²) < 4.78 is 3.98. The fraction of sp³-hybridized carbons (Fsp3) is 0.417. The Labute approximate surface area is 191 Å². The van der Waals surface area contributed by atoms with Crippen LogP contribution in [0.3, 0.4) is 0 Å². The zero-order valence-corrected chi connectivity index (χ0v) is 19.0. The Morgan fingerprint density at radius 1 is 1.09 bits per heavy atom. The molecule has 170 valence electrons. The third-order valence-corrected chi connectivity index (χ3v) is 6.94. The SMILES string of the molecule is Cc1nn2cc1-c1c[nH]c3ncc(cc13)-c1cn(C3CCNCC3)nc1CN(C)C(=O)CC2. The first-order valence-corrected chi connectivity index (χ1v) is 11.6. The molecule has 0 atom stereocenters. The van der Waals surface area contributed by atoms with Crippen molar-refractivity contribution in [3.63, 3.8) is 0 Å². The average Bonchev–Trinajstić information content (AvgIpc) is 3.53. The van der Waals surface area contributed by atoms with Crippen molar-refractivity contribution < 1.29 is 4.79 Å². The van der Waals surface area contributed by atoms with E-state index in [2.05, 4.69) is 32.3 Å². The van der Waals surface area contributed by atoms with E-state index in [1.54, 1.807) is 4.90 Å². The lowest BCUT2D eigenvalue weighted by atomic mass is 10.0. The molecule has 0 aliphatic carbocycles. The standard InChI is InChI=1S/C24H28N8O/c1-15-20-12-31(28-15)8-5-23(33)30(2)14-22-21(13-32(29-22)17-3-6-25-7-4-17)16-9-18-19(20)11-27-24(18)26-10-16/h9-13,17,25H,3-8,14H2,1-2H3,(H,26,27). The predicted octanol–water partition coefficient (Wildman–Crippen LogP) is 2.88. The second kappa shape index (κ2) is 7.84. The Balaban J connectivity index is 1.53. The van der Waals surface area contributed by atoms with E-state index in [0.29, 0.717) is 25.6 Å². The summed E-state index contributed by atoms with van der Waals surface area (Å²) in [7, 11) is 1.85. The summed E-state index contributed by atoms with van der Waals surface area (Å²) in [5, 5.41) is 14.1. The van der Waals surface area contributed by atoms with Gasteiger partial charge in [-0.25, -0.2) is 4.98 Å². The number of aryl methyl sites for hydroxylation is 2. The predicted molar refractivity (Wildman–Crippen MR) is 126 cm³/mol. The second-order valence-electron chi connectivity index (χ2n) is 9.16. The van der Waals surface area contributed by atoms with Gasteiger partial charge < -0.3 is 15.2 Å². The van der Waals surface area contributed by atoms with Gasteiger partial charge in [0.05, 0.1) is 24.0 Å². The van der Waals surface area contributed by atoms with Gasteiger partial charge in [-0.05, 0) is 38.9 Å². The Bertz CT molecular complexity index is 1340. The van der Waals surface area contributed by atoms with E-state index in [4.69, 9.17) is 10.1 Å². The molecule has 9 heteroatoms. The second-order valence-corrected chi connectivity index (χ2v) is 9.16. The van der Waals surface area contributed by atoms with E-state index in [1.807, 2.05) is 37.2 Å². The van der Waals surface area contributed by atoms with Crippen LogP contribution in [-0.4, -0.2) is 60.5 Å². The first kappa shape index (κ1) is 20.2. The van der Waals surface area contributed by atoms with Crippen molar-refractivity contribution in [3.8, 4) is 22.3 Å². The highest BCUT2D eigenvalue weighted by atomic mass is 16.2. The van der Waals surface area contributed by atoms with Gasteiger partial charge in [-0.3, -0.25) is 14.2 Å². The molecule has 2 N–H and O–H groups in total. The topological polar surface area (TPSA) is 96.7 Å². The van der Waals surface area contributed by atoms with Crippen molar-refractivity contribution in [2.24, 2.45) is 0 Å². The number of hydrogen-bond acceptors (Lipinski definition) is 5. The maximum absolute atomic E-state index is 12.9. The summed E-state index contributed by atoms with van der Waals surface area (Å²) in [4.78, 5) is 22.7. The van der Waals surface area contributed by atoms with Crippen LogP contribution in [0.5, 0.6) is 0 Å². The zero-order chi connectivity index (χ0) is 22.5. The van der Waals surface area contributed by atoms with Crippen LogP contribution in [-0.2, 0) is 17.9 Å². The number of nitrogens with one attached hydrogen (secondary N) is 2. The van der Waals surface area contributed by atoms with E-state index >= 15 is 0 Å². The lowest BCUT2D eigenvalue weighted by molar-refractivity contribution is -0.130. The third-order valence-electron chi connectivity index (χ3n) is 6.94. The Hall–Kier alpha value is -3.46. The largest absolute Gasteiger partial charge is 0.346 e. The minimum atomic E-state index is 0.0834. The molecule has 4 aromatic rings. The van der Waals surface area contributed by atoms with Crippen molar-refractivity contribution in [2.75, 3.05) is 20.1 Å². The number of rotatable bonds is 1. The summed E-state index contributed by atoms with van der Waals surface area (Å²) in [6, 6.07) is 2.56. The summed E-state index contributed by atoms with van der Waals surface area (Å²) >= 11 is 0. The third kappa shape index (κ3) is 3.52. The molecule has 33 heavy (non-hydrogen) atoms. The van der Waals surface area contributed by atoms with Crippen molar-refractivity contribution in [3.05, 3.63) is 42.2 Å². The molecule has 0 aromatic carbocycles. The van der Waals surface area contributed by atoms with Crippen LogP contribution in [0.1, 0.15) is 36.7 Å². The molecule has 0 saturated carbocycles. The van der Waals surface area contributed by atoms with E-state index < -0.39 is 0 Å². The molecule has 9 nitrogen and oxygen atoms in total. The van der Waals surface area contributed by atoms with Crippen LogP contribution >= 0.6 is 0 Å². The lowest BCUT2D eigenvalue weighted by Crippen LogP contribution is -2.30. The normalized spacial score (nSPS) is 17.5. The molecule has 6 heterocycles. The minimum Gasteiger partial charge on any atom is -0.346 e. The monoisotopic (exact) mass is 444 g/mol. The molecule has 0 spiro atoms. The number of piperidine rings is 1. The number of hydrogen-bond donors (Lipinski definition) is 2. The number of pyridine rings is 1. The maximum Gasteiger partial charge on any atom is 0.224 e. The quantitative estimate of drug-likeness (QED) is 0.471. The van der Waals surface area contributed by atoms with E-state index in [0.717, 1.165) is 70.6 Å². The molecule has 4 bridgehead atoms. The number of carbonyl (C=O) groups excluding carboxylic acids is 1. The van der Waals surface area contributed by atoms with Crippen LogP contribution < -0.4 is 5.32 Å². The van der Waals surface area contributed by atoms with Crippen LogP contribution in [0.15, 0.2) is 30.9 Å². The molecule has 1 amide bonds. The van der Waals surface area contributed by atoms with E-state index in [1.165, 1.54) is 0 Å². The van der Waals surface area contributed by atoms with Crippen LogP contribution in [0, 0.1) is 6.92 Å². The molecule has 0 unspecified atom stereocenters. The van der Waals surface area contributed by atoms with Gasteiger partial charge in [0, 0.05) is 72.4 Å². The van der Waals surface area contributed by atoms with Crippen molar-refractivity contribution in [2.45, 2.75) is 45.3 Å². The number of aromatic nitrogens is 6. The van der Waals surface area contributed by atoms with Gasteiger partial charge in [-0.15, -0.1) is 0 Å². The highest BCUT2D eigenvalue weighted by molar-refractivity contribution is 5.96. The molecule has 6 rings (SSSR count). The van der Waals surface area contributed by atoms with Crippen molar-refractivity contribution in [1.82, 2.24) is 39.7 Å². The Morgan fingerprint density at radius 2 is 1.94 bits per heavy atom. The number of carbonyl (C=O) groups is 1. The number of aromatic amines is 1. The number of H-pyrrole nitrogens is 1. The first-order chi connectivity index (χ1) is 16.1. The molecule has 1 saturated heterocycles. The fourth-order valence-corrected chi connectivity index (χ4v) is 5.03. The number of nitrogens with zero attached hydrogens (tertiary/aromatic N) is 6. The van der Waals surface area contributed by atoms with Crippen molar-refractivity contribution in [1.29, 1.82) is 0 Å². The minimum absolute atomic E-state index is 0.0834. The highest BCUT2D eigenvalue weighted by Crippen LogP contribution is 2.34. The molecule has 1 fully saturated rings. The van der Waals surface area contributed by atoms with Gasteiger partial charge in [0.25, 0.3) is 0 Å². The first-order valence-electron chi connectivity index (χ1n) is 11.6. The van der Waals surface area contributed by atoms with E-state index in [9.17, 15) is 4.79 Å². The average molecular weight is 445 g/mol. The summed E-state index contributed by atoms with van der Waals surface area (Å²) in [6.45, 7) is 5.02. The molecular formula is C24H28N8O. The Morgan fingerprint density at radius 3 is 2.79 bits per heavy atom. The highest BCUT2D eigenvalue weighted by Gasteiger charge is 2.23. The molecule has 2 aliphatic rings. The van der Waals surface area contributed by atoms with E-state index in [-0.39, 0.29) is 5.91 Å². The fourth-order valence-electron chi connectivity index (χ4n) is 5.03. The summed E-state index contributed by atoms with van der Waals surface area (Å²) in [5.74, 6) is 0.0834. The number of fused-ring (bicyclic) bond motifs is 6. The lowest BCUT2D eigenvalue weighted by Gasteiger charge is -2.23. The molecular weight excluding hydrogens is 416 g/mol. The summed E-state index contributed by atoms with van der Waals surface area (Å²) in [6.07, 6.45) is 10.6. The van der Waals surface area contributed by atoms with Crippen molar-refractivity contribution >= 4 is 16.9 Å². The number of amides is 1. The molecule has 2 aliphatic heterocycles. The van der Waals surface area contributed by atoms with Gasteiger partial charge in [0.15, 0.2) is 0 Å². The van der Waals surface area contributed by atoms with Crippen LogP contribution in [0.2, 0.25) is 0 Å². The van der Waals surface area contributed by atoms with Gasteiger partial charge >= 0.3 is 0 Å². The van der Waals surface area contributed by atoms with Gasteiger partial charge in [0.1, 0.15) is 5.65 Å². The van der Waals surface area contributed by atoms with Gasteiger partial charge in [-0.2, -0.15) is 10.2 Å². The molecule has 0 radical (unpaired) electrons. The molecule has 4 aromatic heterocycles. The smallest absolute Gasteiger partial charge is 0.224 e. The van der Waals surface area contributed by atoms with Crippen LogP contribution in [0.25, 0.3) is 33.3 Å². The van der Waals surface area contributed by atoms with Gasteiger partial charge in [-0.1, -0.05) is 0 Å². The summed E-state index contributed by atoms with van der Waals surface area (Å²) in [5.41, 5.74) is 6.90.